The summed E-state index contributed by atoms with van der Waals surface area (Å²) in [5.74, 6) is -0.819. The maximum absolute atomic E-state index is 12.5. The van der Waals surface area contributed by atoms with Gasteiger partial charge in [0, 0.05) is 6.54 Å². The SMILES string of the molecule is COc1ccc(CCNC(=O)COC(=O)CN2C(=O)N[C@@](C)(C3CC3)C2=O)cc1. The first-order chi connectivity index (χ1) is 13.8. The van der Waals surface area contributed by atoms with E-state index in [-0.39, 0.29) is 5.92 Å². The van der Waals surface area contributed by atoms with Crippen LogP contribution in [0.2, 0.25) is 0 Å². The summed E-state index contributed by atoms with van der Waals surface area (Å²) in [7, 11) is 1.59. The molecule has 2 fully saturated rings. The minimum atomic E-state index is -0.948. The average molecular weight is 403 g/mol. The van der Waals surface area contributed by atoms with E-state index in [4.69, 9.17) is 9.47 Å². The van der Waals surface area contributed by atoms with Crippen molar-refractivity contribution < 1.29 is 28.7 Å². The predicted molar refractivity (Wildman–Crippen MR) is 102 cm³/mol. The van der Waals surface area contributed by atoms with E-state index in [2.05, 4.69) is 10.6 Å². The average Bonchev–Trinajstić information content (AvgIpc) is 3.53. The van der Waals surface area contributed by atoms with Gasteiger partial charge in [-0.05, 0) is 49.8 Å². The molecule has 1 aromatic carbocycles. The van der Waals surface area contributed by atoms with Gasteiger partial charge in [-0.25, -0.2) is 4.79 Å². The van der Waals surface area contributed by atoms with Crippen molar-refractivity contribution in [1.29, 1.82) is 0 Å². The molecular weight excluding hydrogens is 378 g/mol. The van der Waals surface area contributed by atoms with E-state index < -0.39 is 42.5 Å². The Morgan fingerprint density at radius 2 is 1.93 bits per heavy atom. The van der Waals surface area contributed by atoms with Crippen LogP contribution in [0.3, 0.4) is 0 Å². The van der Waals surface area contributed by atoms with Gasteiger partial charge < -0.3 is 20.1 Å². The van der Waals surface area contributed by atoms with Gasteiger partial charge in [-0.15, -0.1) is 0 Å². The van der Waals surface area contributed by atoms with E-state index in [9.17, 15) is 19.2 Å². The van der Waals surface area contributed by atoms with Crippen LogP contribution >= 0.6 is 0 Å². The largest absolute Gasteiger partial charge is 0.497 e. The molecule has 0 radical (unpaired) electrons. The summed E-state index contributed by atoms with van der Waals surface area (Å²) in [4.78, 5) is 49.1. The topological polar surface area (TPSA) is 114 Å². The summed E-state index contributed by atoms with van der Waals surface area (Å²) in [6, 6.07) is 6.87. The minimum Gasteiger partial charge on any atom is -0.497 e. The first kappa shape index (κ1) is 20.6. The fraction of sp³-hybridized carbons (Fsp3) is 0.500. The summed E-state index contributed by atoms with van der Waals surface area (Å²) in [5, 5.41) is 5.31. The number of nitrogens with one attached hydrogen (secondary N) is 2. The number of hydrogen-bond acceptors (Lipinski definition) is 6. The normalized spacial score (nSPS) is 21.0. The third kappa shape index (κ3) is 4.85. The van der Waals surface area contributed by atoms with Crippen molar-refractivity contribution in [3.63, 3.8) is 0 Å². The Labute approximate surface area is 168 Å². The molecule has 2 N–H and O–H groups in total. The quantitative estimate of drug-likeness (QED) is 0.461. The van der Waals surface area contributed by atoms with Crippen LogP contribution in [0, 0.1) is 5.92 Å². The molecule has 9 nitrogen and oxygen atoms in total. The van der Waals surface area contributed by atoms with Crippen molar-refractivity contribution in [1.82, 2.24) is 15.5 Å². The van der Waals surface area contributed by atoms with E-state index >= 15 is 0 Å². The Kier molecular flexibility index (Phi) is 6.05. The molecule has 1 atom stereocenters. The first-order valence-corrected chi connectivity index (χ1v) is 9.53. The van der Waals surface area contributed by atoms with Crippen LogP contribution < -0.4 is 15.4 Å². The molecule has 3 rings (SSSR count). The highest BCUT2D eigenvalue weighted by atomic mass is 16.5. The van der Waals surface area contributed by atoms with E-state index in [1.165, 1.54) is 0 Å². The zero-order chi connectivity index (χ0) is 21.0. The van der Waals surface area contributed by atoms with Crippen molar-refractivity contribution in [2.75, 3.05) is 26.8 Å². The number of esters is 1. The molecule has 1 saturated carbocycles. The standard InChI is InChI=1S/C20H25N3O6/c1-20(14-5-6-14)18(26)23(19(27)22-20)11-17(25)29-12-16(24)21-10-9-13-3-7-15(28-2)8-4-13/h3-4,7-8,14H,5-6,9-12H2,1-2H3,(H,21,24)(H,22,27)/t20-/m0/s1. The van der Waals surface area contributed by atoms with Crippen LogP contribution in [0.15, 0.2) is 24.3 Å². The van der Waals surface area contributed by atoms with Gasteiger partial charge in [0.15, 0.2) is 6.61 Å². The number of ether oxygens (including phenoxy) is 2. The number of carbonyl (C=O) groups is 4. The number of carbonyl (C=O) groups excluding carboxylic acids is 4. The molecule has 0 aromatic heterocycles. The first-order valence-electron chi connectivity index (χ1n) is 9.53. The zero-order valence-corrected chi connectivity index (χ0v) is 16.5. The summed E-state index contributed by atoms with van der Waals surface area (Å²) in [5.41, 5.74) is 0.0799. The zero-order valence-electron chi connectivity index (χ0n) is 16.5. The van der Waals surface area contributed by atoms with Gasteiger partial charge in [0.1, 0.15) is 17.8 Å². The summed E-state index contributed by atoms with van der Waals surface area (Å²) in [6.07, 6.45) is 2.36. The lowest BCUT2D eigenvalue weighted by molar-refractivity contribution is -0.151. The summed E-state index contributed by atoms with van der Waals surface area (Å²) < 4.78 is 9.98. The molecule has 0 spiro atoms. The fourth-order valence-electron chi connectivity index (χ4n) is 3.31. The number of rotatable bonds is 9. The summed E-state index contributed by atoms with van der Waals surface area (Å²) >= 11 is 0. The molecule has 4 amide bonds. The fourth-order valence-corrected chi connectivity index (χ4v) is 3.31. The van der Waals surface area contributed by atoms with Crippen LogP contribution in [-0.2, 0) is 25.5 Å². The smallest absolute Gasteiger partial charge is 0.326 e. The number of amides is 4. The van der Waals surface area contributed by atoms with Crippen LogP contribution in [0.4, 0.5) is 4.79 Å². The van der Waals surface area contributed by atoms with Crippen LogP contribution in [-0.4, -0.2) is 61.1 Å². The monoisotopic (exact) mass is 403 g/mol. The molecule has 1 aliphatic carbocycles. The number of hydrogen-bond donors (Lipinski definition) is 2. The molecule has 1 heterocycles. The Morgan fingerprint density at radius 3 is 2.55 bits per heavy atom. The number of urea groups is 1. The van der Waals surface area contributed by atoms with Gasteiger partial charge in [-0.3, -0.25) is 19.3 Å². The molecule has 1 saturated heterocycles. The van der Waals surface area contributed by atoms with E-state index in [1.54, 1.807) is 14.0 Å². The molecular formula is C20H25N3O6. The predicted octanol–water partition coefficient (Wildman–Crippen LogP) is 0.618. The van der Waals surface area contributed by atoms with Crippen LogP contribution in [0.5, 0.6) is 5.75 Å². The van der Waals surface area contributed by atoms with E-state index in [1.807, 2.05) is 24.3 Å². The molecule has 9 heteroatoms. The number of imide groups is 1. The number of benzene rings is 1. The second kappa shape index (κ2) is 8.50. The maximum atomic E-state index is 12.5. The Balaban J connectivity index is 1.37. The maximum Gasteiger partial charge on any atom is 0.326 e. The van der Waals surface area contributed by atoms with E-state index in [0.717, 1.165) is 29.1 Å². The van der Waals surface area contributed by atoms with Crippen molar-refractivity contribution in [2.24, 2.45) is 5.92 Å². The third-order valence-electron chi connectivity index (χ3n) is 5.24. The molecule has 156 valence electrons. The molecule has 2 aliphatic rings. The minimum absolute atomic E-state index is 0.108. The second-order valence-corrected chi connectivity index (χ2v) is 7.41. The Hall–Kier alpha value is -3.10. The van der Waals surface area contributed by atoms with Crippen molar-refractivity contribution in [3.8, 4) is 5.75 Å². The van der Waals surface area contributed by atoms with Gasteiger partial charge in [0.25, 0.3) is 11.8 Å². The summed E-state index contributed by atoms with van der Waals surface area (Å²) in [6.45, 7) is 1.08. The highest BCUT2D eigenvalue weighted by Gasteiger charge is 2.56. The second-order valence-electron chi connectivity index (χ2n) is 7.41. The van der Waals surface area contributed by atoms with Gasteiger partial charge in [0.2, 0.25) is 0 Å². The van der Waals surface area contributed by atoms with Gasteiger partial charge >= 0.3 is 12.0 Å². The van der Waals surface area contributed by atoms with Gasteiger partial charge in [-0.2, -0.15) is 0 Å². The lowest BCUT2D eigenvalue weighted by atomic mass is 9.96. The van der Waals surface area contributed by atoms with Crippen molar-refractivity contribution >= 4 is 23.8 Å². The van der Waals surface area contributed by atoms with Crippen LogP contribution in [0.25, 0.3) is 0 Å². The molecule has 1 aromatic rings. The highest BCUT2D eigenvalue weighted by Crippen LogP contribution is 2.42. The van der Waals surface area contributed by atoms with Crippen LogP contribution in [0.1, 0.15) is 25.3 Å². The number of methoxy groups -OCH3 is 1. The molecule has 29 heavy (non-hydrogen) atoms. The van der Waals surface area contributed by atoms with Gasteiger partial charge in [0.05, 0.1) is 7.11 Å². The molecule has 1 aliphatic heterocycles. The van der Waals surface area contributed by atoms with E-state index in [0.29, 0.717) is 13.0 Å². The lowest BCUT2D eigenvalue weighted by Gasteiger charge is -2.20. The third-order valence-corrected chi connectivity index (χ3v) is 5.24. The Bertz CT molecular complexity index is 805. The van der Waals surface area contributed by atoms with Crippen molar-refractivity contribution in [2.45, 2.75) is 31.7 Å². The Morgan fingerprint density at radius 1 is 1.24 bits per heavy atom. The lowest BCUT2D eigenvalue weighted by Crippen LogP contribution is -2.46. The molecule has 0 bridgehead atoms. The highest BCUT2D eigenvalue weighted by molar-refractivity contribution is 6.08. The number of nitrogens with zero attached hydrogens (tertiary/aromatic N) is 1. The molecule has 0 unspecified atom stereocenters. The van der Waals surface area contributed by atoms with Gasteiger partial charge in [-0.1, -0.05) is 12.1 Å². The van der Waals surface area contributed by atoms with Crippen molar-refractivity contribution in [3.05, 3.63) is 29.8 Å².